The highest BCUT2D eigenvalue weighted by Gasteiger charge is 2.27. The van der Waals surface area contributed by atoms with Crippen molar-refractivity contribution in [3.05, 3.63) is 0 Å². The number of amides is 2. The van der Waals surface area contributed by atoms with Crippen LogP contribution >= 0.6 is 25.3 Å². The summed E-state index contributed by atoms with van der Waals surface area (Å²) in [6.07, 6.45) is -1.08. The number of carboxylic acids is 1. The fraction of sp³-hybridized carbons (Fsp3) is 0.700. The van der Waals surface area contributed by atoms with Crippen molar-refractivity contribution in [1.82, 2.24) is 10.6 Å². The zero-order chi connectivity index (χ0) is 15.9. The molecule has 0 bridgehead atoms. The zero-order valence-electron chi connectivity index (χ0n) is 10.8. The third-order valence-corrected chi connectivity index (χ3v) is 3.17. The number of carbonyl (C=O) groups is 3. The summed E-state index contributed by atoms with van der Waals surface area (Å²) in [7, 11) is 0. The van der Waals surface area contributed by atoms with E-state index in [9.17, 15) is 19.5 Å². The summed E-state index contributed by atoms with van der Waals surface area (Å²) in [5.74, 6) is -2.83. The van der Waals surface area contributed by atoms with Gasteiger partial charge in [0.2, 0.25) is 11.8 Å². The summed E-state index contributed by atoms with van der Waals surface area (Å²) < 4.78 is 0. The first-order valence-corrected chi connectivity index (χ1v) is 7.00. The van der Waals surface area contributed by atoms with Gasteiger partial charge in [0.1, 0.15) is 18.1 Å². The summed E-state index contributed by atoms with van der Waals surface area (Å²) in [6.45, 7) is 1.33. The van der Waals surface area contributed by atoms with Gasteiger partial charge in [0.05, 0.1) is 6.10 Å². The van der Waals surface area contributed by atoms with Gasteiger partial charge in [-0.05, 0) is 6.92 Å². The van der Waals surface area contributed by atoms with E-state index in [0.29, 0.717) is 0 Å². The molecule has 4 atom stereocenters. The quantitative estimate of drug-likeness (QED) is 0.248. The molecule has 116 valence electrons. The molecular weight excluding hydrogens is 306 g/mol. The number of hydrogen-bond donors (Lipinski definition) is 7. The zero-order valence-corrected chi connectivity index (χ0v) is 12.6. The molecule has 0 aliphatic rings. The van der Waals surface area contributed by atoms with Crippen LogP contribution in [0.4, 0.5) is 0 Å². The summed E-state index contributed by atoms with van der Waals surface area (Å²) in [4.78, 5) is 34.2. The van der Waals surface area contributed by atoms with Crippen LogP contribution in [0.1, 0.15) is 6.92 Å². The van der Waals surface area contributed by atoms with Crippen LogP contribution in [0.2, 0.25) is 0 Å². The topological polar surface area (TPSA) is 142 Å². The lowest BCUT2D eigenvalue weighted by molar-refractivity contribution is -0.141. The van der Waals surface area contributed by atoms with Crippen molar-refractivity contribution in [2.45, 2.75) is 31.2 Å². The van der Waals surface area contributed by atoms with Crippen molar-refractivity contribution in [3.8, 4) is 0 Å². The molecule has 0 aliphatic heterocycles. The Morgan fingerprint density at radius 1 is 1.10 bits per heavy atom. The number of nitrogens with two attached hydrogens (primary N) is 1. The molecule has 0 rings (SSSR count). The first-order chi connectivity index (χ1) is 9.24. The molecular formula is C10H19N3O5S2. The lowest BCUT2D eigenvalue weighted by atomic mass is 10.1. The van der Waals surface area contributed by atoms with Crippen molar-refractivity contribution >= 4 is 43.0 Å². The molecule has 20 heavy (non-hydrogen) atoms. The molecule has 8 nitrogen and oxygen atoms in total. The van der Waals surface area contributed by atoms with Gasteiger partial charge in [-0.2, -0.15) is 25.3 Å². The van der Waals surface area contributed by atoms with Gasteiger partial charge in [-0.25, -0.2) is 4.79 Å². The van der Waals surface area contributed by atoms with Gasteiger partial charge in [0, 0.05) is 11.5 Å². The monoisotopic (exact) mass is 325 g/mol. The van der Waals surface area contributed by atoms with E-state index in [0.717, 1.165) is 0 Å². The number of aliphatic carboxylic acids is 1. The standard InChI is InChI=1S/C10H19N3O5S2/c1-4(14)7(11)9(16)12-5(2-19)8(15)13-6(3-20)10(17)18/h4-7,14,19-20H,2-3,11H2,1H3,(H,12,16)(H,13,15)(H,17,18). The van der Waals surface area contributed by atoms with Crippen molar-refractivity contribution in [1.29, 1.82) is 0 Å². The average molecular weight is 325 g/mol. The van der Waals surface area contributed by atoms with Crippen LogP contribution in [0.3, 0.4) is 0 Å². The summed E-state index contributed by atoms with van der Waals surface area (Å²) in [5, 5.41) is 22.5. The van der Waals surface area contributed by atoms with Crippen LogP contribution in [0.15, 0.2) is 0 Å². The number of aliphatic hydroxyl groups excluding tert-OH is 1. The van der Waals surface area contributed by atoms with E-state index in [2.05, 4.69) is 35.9 Å². The van der Waals surface area contributed by atoms with Crippen LogP contribution in [0.5, 0.6) is 0 Å². The second-order valence-corrected chi connectivity index (χ2v) is 4.82. The van der Waals surface area contributed by atoms with Crippen LogP contribution in [-0.4, -0.2) is 63.7 Å². The van der Waals surface area contributed by atoms with Gasteiger partial charge in [-0.1, -0.05) is 0 Å². The molecule has 0 radical (unpaired) electrons. The second kappa shape index (κ2) is 9.06. The normalized spacial score (nSPS) is 16.6. The first kappa shape index (κ1) is 19.0. The van der Waals surface area contributed by atoms with Gasteiger partial charge >= 0.3 is 5.97 Å². The van der Waals surface area contributed by atoms with Crippen molar-refractivity contribution < 1.29 is 24.6 Å². The Labute approximate surface area is 127 Å². The van der Waals surface area contributed by atoms with Crippen LogP contribution < -0.4 is 16.4 Å². The minimum absolute atomic E-state index is 0.0526. The molecule has 2 amide bonds. The molecule has 6 N–H and O–H groups in total. The van der Waals surface area contributed by atoms with E-state index in [1.165, 1.54) is 6.92 Å². The number of carboxylic acid groups (broad SMARTS) is 1. The molecule has 4 unspecified atom stereocenters. The number of hydrogen-bond acceptors (Lipinski definition) is 7. The molecule has 0 saturated heterocycles. The SMILES string of the molecule is CC(O)C(N)C(=O)NC(CS)C(=O)NC(CS)C(=O)O. The Morgan fingerprint density at radius 3 is 1.90 bits per heavy atom. The predicted octanol–water partition coefficient (Wildman–Crippen LogP) is -2.39. The average Bonchev–Trinajstić information content (AvgIpc) is 2.39. The molecule has 0 fully saturated rings. The highest BCUT2D eigenvalue weighted by atomic mass is 32.1. The van der Waals surface area contributed by atoms with Gasteiger partial charge in [0.15, 0.2) is 0 Å². The van der Waals surface area contributed by atoms with Crippen molar-refractivity contribution in [2.75, 3.05) is 11.5 Å². The molecule has 0 aromatic carbocycles. The predicted molar refractivity (Wildman–Crippen MR) is 78.9 cm³/mol. The summed E-state index contributed by atoms with van der Waals surface area (Å²) in [5.41, 5.74) is 5.41. The molecule has 0 spiro atoms. The van der Waals surface area contributed by atoms with E-state index in [4.69, 9.17) is 10.8 Å². The van der Waals surface area contributed by atoms with Crippen LogP contribution in [0, 0.1) is 0 Å². The molecule has 0 heterocycles. The minimum Gasteiger partial charge on any atom is -0.480 e. The van der Waals surface area contributed by atoms with Crippen molar-refractivity contribution in [3.63, 3.8) is 0 Å². The smallest absolute Gasteiger partial charge is 0.327 e. The lowest BCUT2D eigenvalue weighted by Crippen LogP contribution is -2.57. The van der Waals surface area contributed by atoms with Gasteiger partial charge < -0.3 is 26.6 Å². The summed E-state index contributed by atoms with van der Waals surface area (Å²) >= 11 is 7.71. The Bertz CT molecular complexity index is 367. The largest absolute Gasteiger partial charge is 0.480 e. The molecule has 0 saturated carbocycles. The fourth-order valence-corrected chi connectivity index (χ4v) is 1.64. The second-order valence-electron chi connectivity index (χ2n) is 4.09. The van der Waals surface area contributed by atoms with E-state index in [1.54, 1.807) is 0 Å². The molecule has 0 aliphatic carbocycles. The summed E-state index contributed by atoms with van der Waals surface area (Å²) in [6, 6.07) is -3.42. The Hall–Kier alpha value is -0.970. The number of rotatable bonds is 8. The van der Waals surface area contributed by atoms with E-state index in [-0.39, 0.29) is 11.5 Å². The highest BCUT2D eigenvalue weighted by Crippen LogP contribution is 1.96. The van der Waals surface area contributed by atoms with Gasteiger partial charge in [-0.3, -0.25) is 9.59 Å². The lowest BCUT2D eigenvalue weighted by Gasteiger charge is -2.21. The molecule has 10 heteroatoms. The maximum Gasteiger partial charge on any atom is 0.327 e. The molecule has 0 aromatic heterocycles. The van der Waals surface area contributed by atoms with E-state index < -0.39 is 42.0 Å². The third-order valence-electron chi connectivity index (χ3n) is 2.44. The van der Waals surface area contributed by atoms with E-state index >= 15 is 0 Å². The highest BCUT2D eigenvalue weighted by molar-refractivity contribution is 7.80. The number of thiol groups is 2. The van der Waals surface area contributed by atoms with Gasteiger partial charge in [-0.15, -0.1) is 0 Å². The number of nitrogens with one attached hydrogen (secondary N) is 2. The van der Waals surface area contributed by atoms with Crippen LogP contribution in [0.25, 0.3) is 0 Å². The number of aliphatic hydroxyl groups is 1. The maximum atomic E-state index is 11.8. The Morgan fingerprint density at radius 2 is 1.55 bits per heavy atom. The Kier molecular flexibility index (Phi) is 8.62. The van der Waals surface area contributed by atoms with E-state index in [1.807, 2.05) is 0 Å². The van der Waals surface area contributed by atoms with Crippen molar-refractivity contribution in [2.24, 2.45) is 5.73 Å². The maximum absolute atomic E-state index is 11.8. The molecule has 0 aromatic rings. The Balaban J connectivity index is 4.64. The fourth-order valence-electron chi connectivity index (χ4n) is 1.14. The first-order valence-electron chi connectivity index (χ1n) is 5.73. The van der Waals surface area contributed by atoms with Gasteiger partial charge in [0.25, 0.3) is 0 Å². The minimum atomic E-state index is -1.24. The number of carbonyl (C=O) groups excluding carboxylic acids is 2. The third kappa shape index (κ3) is 5.99. The van der Waals surface area contributed by atoms with Crippen LogP contribution in [-0.2, 0) is 14.4 Å².